The molecule has 0 heterocycles. The molecule has 0 amide bonds. The van der Waals surface area contributed by atoms with Crippen LogP contribution in [0.15, 0.2) is 24.3 Å². The Hall–Kier alpha value is -1.55. The van der Waals surface area contributed by atoms with E-state index >= 15 is 0 Å². The maximum absolute atomic E-state index is 11.5. The molecule has 0 aliphatic heterocycles. The quantitative estimate of drug-likeness (QED) is 0.805. The molecule has 4 heteroatoms. The Balaban J connectivity index is 2.84. The van der Waals surface area contributed by atoms with E-state index in [1.165, 1.54) is 5.56 Å². The number of nitrogens with one attached hydrogen (secondary N) is 1. The lowest BCUT2D eigenvalue weighted by Gasteiger charge is -2.33. The number of likely N-dealkylation sites (N-methyl/N-ethyl adjacent to an activating group) is 1. The van der Waals surface area contributed by atoms with Gasteiger partial charge in [0.25, 0.3) is 0 Å². The molecule has 20 heavy (non-hydrogen) atoms. The Morgan fingerprint density at radius 3 is 2.30 bits per heavy atom. The number of carboxylic acid groups (broad SMARTS) is 1. The summed E-state index contributed by atoms with van der Waals surface area (Å²) in [7, 11) is 1.92. The first-order chi connectivity index (χ1) is 9.28. The topological polar surface area (TPSA) is 52.6 Å². The van der Waals surface area contributed by atoms with E-state index in [0.29, 0.717) is 6.54 Å². The fourth-order valence-electron chi connectivity index (χ4n) is 2.36. The van der Waals surface area contributed by atoms with Crippen LogP contribution in [0.3, 0.4) is 0 Å². The predicted molar refractivity (Wildman–Crippen MR) is 83.4 cm³/mol. The van der Waals surface area contributed by atoms with Crippen LogP contribution < -0.4 is 10.2 Å². The molecule has 0 aromatic heterocycles. The van der Waals surface area contributed by atoms with Crippen LogP contribution in [0.2, 0.25) is 0 Å². The second kappa shape index (κ2) is 6.75. The van der Waals surface area contributed by atoms with Gasteiger partial charge in [-0.05, 0) is 44.9 Å². The summed E-state index contributed by atoms with van der Waals surface area (Å²) in [4.78, 5) is 13.5. The first-order valence-electron chi connectivity index (χ1n) is 7.09. The van der Waals surface area contributed by atoms with Crippen molar-refractivity contribution in [3.05, 3.63) is 29.8 Å². The third-order valence-electron chi connectivity index (χ3n) is 3.42. The molecule has 0 aliphatic carbocycles. The largest absolute Gasteiger partial charge is 0.480 e. The maximum atomic E-state index is 11.5. The fourth-order valence-corrected chi connectivity index (χ4v) is 2.36. The van der Waals surface area contributed by atoms with Crippen LogP contribution in [0.25, 0.3) is 0 Å². The summed E-state index contributed by atoms with van der Waals surface area (Å²) in [5.41, 5.74) is 1.34. The first-order valence-corrected chi connectivity index (χ1v) is 7.09. The minimum Gasteiger partial charge on any atom is -0.480 e. The predicted octanol–water partition coefficient (Wildman–Crippen LogP) is 2.53. The van der Waals surface area contributed by atoms with Crippen LogP contribution in [-0.4, -0.2) is 36.2 Å². The SMILES string of the molecule is CCc1ccc(N(C)CC(C)(NC(C)C)C(=O)O)cc1. The van der Waals surface area contributed by atoms with E-state index in [1.54, 1.807) is 6.92 Å². The Morgan fingerprint density at radius 1 is 1.35 bits per heavy atom. The Morgan fingerprint density at radius 2 is 1.90 bits per heavy atom. The standard InChI is InChI=1S/C16H26N2O2/c1-6-13-7-9-14(10-8-13)18(5)11-16(4,15(19)20)17-12(2)3/h7-10,12,17H,6,11H2,1-5H3,(H,19,20). The van der Waals surface area contributed by atoms with Crippen molar-refractivity contribution in [2.24, 2.45) is 0 Å². The van der Waals surface area contributed by atoms with Gasteiger partial charge in [0.2, 0.25) is 0 Å². The van der Waals surface area contributed by atoms with E-state index < -0.39 is 11.5 Å². The number of anilines is 1. The molecule has 1 atom stereocenters. The third-order valence-corrected chi connectivity index (χ3v) is 3.42. The van der Waals surface area contributed by atoms with Crippen molar-refractivity contribution in [1.29, 1.82) is 0 Å². The lowest BCUT2D eigenvalue weighted by Crippen LogP contribution is -2.58. The minimum absolute atomic E-state index is 0.118. The molecule has 0 spiro atoms. The van der Waals surface area contributed by atoms with Gasteiger partial charge in [-0.25, -0.2) is 0 Å². The Labute approximate surface area is 121 Å². The van der Waals surface area contributed by atoms with Gasteiger partial charge in [0.15, 0.2) is 0 Å². The molecular weight excluding hydrogens is 252 g/mol. The highest BCUT2D eigenvalue weighted by Crippen LogP contribution is 2.17. The van der Waals surface area contributed by atoms with Gasteiger partial charge < -0.3 is 10.0 Å². The van der Waals surface area contributed by atoms with Gasteiger partial charge in [-0.1, -0.05) is 19.1 Å². The second-order valence-corrected chi connectivity index (χ2v) is 5.81. The van der Waals surface area contributed by atoms with E-state index in [0.717, 1.165) is 12.1 Å². The summed E-state index contributed by atoms with van der Waals surface area (Å²) >= 11 is 0. The summed E-state index contributed by atoms with van der Waals surface area (Å²) in [5.74, 6) is -0.830. The summed E-state index contributed by atoms with van der Waals surface area (Å²) in [6.07, 6.45) is 1.01. The smallest absolute Gasteiger partial charge is 0.325 e. The van der Waals surface area contributed by atoms with E-state index in [9.17, 15) is 9.90 Å². The van der Waals surface area contributed by atoms with Crippen LogP contribution in [0.1, 0.15) is 33.3 Å². The van der Waals surface area contributed by atoms with Gasteiger partial charge in [0.1, 0.15) is 5.54 Å². The summed E-state index contributed by atoms with van der Waals surface area (Å²) in [6.45, 7) is 8.17. The normalized spacial score (nSPS) is 14.1. The summed E-state index contributed by atoms with van der Waals surface area (Å²) < 4.78 is 0. The van der Waals surface area contributed by atoms with Crippen LogP contribution in [0, 0.1) is 0 Å². The molecule has 4 nitrogen and oxygen atoms in total. The van der Waals surface area contributed by atoms with Gasteiger partial charge in [0.05, 0.1) is 0 Å². The number of carbonyl (C=O) groups is 1. The zero-order valence-corrected chi connectivity index (χ0v) is 13.1. The molecule has 1 aromatic rings. The zero-order valence-electron chi connectivity index (χ0n) is 13.1. The molecule has 0 bridgehead atoms. The average molecular weight is 278 g/mol. The Kier molecular flexibility index (Phi) is 5.57. The summed E-state index contributed by atoms with van der Waals surface area (Å²) in [6, 6.07) is 8.36. The van der Waals surface area contributed by atoms with Crippen molar-refractivity contribution in [1.82, 2.24) is 5.32 Å². The number of carboxylic acids is 1. The van der Waals surface area contributed by atoms with Crippen molar-refractivity contribution in [3.8, 4) is 0 Å². The molecule has 1 aromatic carbocycles. The van der Waals surface area contributed by atoms with Crippen molar-refractivity contribution in [3.63, 3.8) is 0 Å². The van der Waals surface area contributed by atoms with Gasteiger partial charge in [-0.3, -0.25) is 10.1 Å². The number of benzene rings is 1. The molecule has 0 saturated carbocycles. The molecule has 0 aliphatic rings. The van der Waals surface area contributed by atoms with Crippen LogP contribution in [-0.2, 0) is 11.2 Å². The number of hydrogen-bond acceptors (Lipinski definition) is 3. The number of rotatable bonds is 7. The Bertz CT molecular complexity index is 442. The average Bonchev–Trinajstić information content (AvgIpc) is 2.37. The van der Waals surface area contributed by atoms with Gasteiger partial charge >= 0.3 is 5.97 Å². The third kappa shape index (κ3) is 4.23. The van der Waals surface area contributed by atoms with Crippen LogP contribution in [0.5, 0.6) is 0 Å². The number of nitrogens with zero attached hydrogens (tertiary/aromatic N) is 1. The van der Waals surface area contributed by atoms with E-state index in [4.69, 9.17) is 0 Å². The van der Waals surface area contributed by atoms with E-state index in [1.807, 2.05) is 37.9 Å². The van der Waals surface area contributed by atoms with Crippen molar-refractivity contribution < 1.29 is 9.90 Å². The highest BCUT2D eigenvalue weighted by atomic mass is 16.4. The maximum Gasteiger partial charge on any atom is 0.325 e. The van der Waals surface area contributed by atoms with Gasteiger partial charge in [-0.2, -0.15) is 0 Å². The second-order valence-electron chi connectivity index (χ2n) is 5.81. The zero-order chi connectivity index (χ0) is 15.3. The van der Waals surface area contributed by atoms with Crippen molar-refractivity contribution in [2.45, 2.75) is 45.7 Å². The lowest BCUT2D eigenvalue weighted by atomic mass is 10.0. The highest BCUT2D eigenvalue weighted by Gasteiger charge is 2.34. The molecule has 1 rings (SSSR count). The number of aryl methyl sites for hydroxylation is 1. The van der Waals surface area contributed by atoms with Crippen LogP contribution in [0.4, 0.5) is 5.69 Å². The van der Waals surface area contributed by atoms with E-state index in [2.05, 4.69) is 24.4 Å². The summed E-state index contributed by atoms with van der Waals surface area (Å²) in [5, 5.41) is 12.6. The van der Waals surface area contributed by atoms with Gasteiger partial charge in [-0.15, -0.1) is 0 Å². The molecule has 0 radical (unpaired) electrons. The van der Waals surface area contributed by atoms with Crippen molar-refractivity contribution >= 4 is 11.7 Å². The van der Waals surface area contributed by atoms with Crippen molar-refractivity contribution in [2.75, 3.05) is 18.5 Å². The fraction of sp³-hybridized carbons (Fsp3) is 0.562. The van der Waals surface area contributed by atoms with E-state index in [-0.39, 0.29) is 6.04 Å². The number of aliphatic carboxylic acids is 1. The first kappa shape index (κ1) is 16.5. The monoisotopic (exact) mass is 278 g/mol. The highest BCUT2D eigenvalue weighted by molar-refractivity contribution is 5.79. The molecule has 112 valence electrons. The minimum atomic E-state index is -0.966. The van der Waals surface area contributed by atoms with Crippen LogP contribution >= 0.6 is 0 Å². The number of hydrogen-bond donors (Lipinski definition) is 2. The van der Waals surface area contributed by atoms with Gasteiger partial charge in [0, 0.05) is 25.3 Å². The lowest BCUT2D eigenvalue weighted by molar-refractivity contribution is -0.144. The molecule has 1 unspecified atom stereocenters. The molecule has 0 fully saturated rings. The molecular formula is C16H26N2O2. The molecule has 0 saturated heterocycles. The molecule has 2 N–H and O–H groups in total.